The molecule has 0 spiro atoms. The largest absolute Gasteiger partial charge is 0.412 e. The molecule has 0 aliphatic heterocycles. The summed E-state index contributed by atoms with van der Waals surface area (Å²) in [5.41, 5.74) is 0. The Balaban J connectivity index is -0.00000000300. The summed E-state index contributed by atoms with van der Waals surface area (Å²) in [7, 11) is 0. The second-order valence-electron chi connectivity index (χ2n) is 0.238. The topological polar surface area (TPSA) is 221 Å². The fourth-order valence-corrected chi connectivity index (χ4v) is 0. The average molecular weight is 217 g/mol. The van der Waals surface area contributed by atoms with E-state index in [0.29, 0.717) is 0 Å². The molecule has 0 unspecified atom stereocenters. The van der Waals surface area contributed by atoms with Gasteiger partial charge in [-0.3, -0.25) is 0 Å². The summed E-state index contributed by atoms with van der Waals surface area (Å²) in [6.07, 6.45) is 0. The summed E-state index contributed by atoms with van der Waals surface area (Å²) in [5.74, 6) is 0. The van der Waals surface area contributed by atoms with E-state index in [1.807, 2.05) is 0 Å². The molecule has 1 radical (unpaired) electrons. The van der Waals surface area contributed by atoms with Crippen LogP contribution in [0.2, 0.25) is 0 Å². The minimum absolute atomic E-state index is 0. The molecule has 0 saturated heterocycles. The first-order chi connectivity index (χ1) is 1.73. The Morgan fingerprint density at radius 3 is 1.00 bits per heavy atom. The Labute approximate surface area is 65.8 Å². The van der Waals surface area contributed by atoms with Crippen LogP contribution in [0.15, 0.2) is 0 Å². The molecular formula is H11CuNO8. The van der Waals surface area contributed by atoms with Crippen molar-refractivity contribution in [3.8, 4) is 0 Å². The summed E-state index contributed by atoms with van der Waals surface area (Å²) in [4.78, 5) is 8.36. The number of nitrogens with zero attached hydrogens (tertiary/aromatic N) is 1. The van der Waals surface area contributed by atoms with Gasteiger partial charge in [-0.25, -0.2) is 0 Å². The fraction of sp³-hybridized carbons (Fsp3) is 0. The third kappa shape index (κ3) is 1380. The van der Waals surface area contributed by atoms with Crippen LogP contribution in [0.5, 0.6) is 0 Å². The van der Waals surface area contributed by atoms with Gasteiger partial charge in [0.15, 0.2) is 0 Å². The monoisotopic (exact) mass is 216 g/mol. The Bertz CT molecular complexity index is 32.2. The van der Waals surface area contributed by atoms with Gasteiger partial charge < -0.3 is 32.6 Å². The van der Waals surface area contributed by atoms with Crippen LogP contribution in [0.4, 0.5) is 0 Å². The molecule has 10 heteroatoms. The molecule has 0 aromatic rings. The van der Waals surface area contributed by atoms with Crippen LogP contribution in [-0.2, 0) is 17.1 Å². The average Bonchev–Trinajstić information content (AvgIpc) is 0.811. The van der Waals surface area contributed by atoms with Gasteiger partial charge >= 0.3 is 0 Å². The summed E-state index contributed by atoms with van der Waals surface area (Å²) in [5, 5.41) is 13.6. The number of hydrogen-bond donors (Lipinski definition) is 1. The van der Waals surface area contributed by atoms with Crippen LogP contribution >= 0.6 is 0 Å². The smallest absolute Gasteiger partial charge is 0.291 e. The predicted octanol–water partition coefficient (Wildman–Crippen LogP) is -4.47. The molecule has 0 fully saturated rings. The van der Waals surface area contributed by atoms with Crippen LogP contribution in [0.1, 0.15) is 0 Å². The van der Waals surface area contributed by atoms with Gasteiger partial charge in [-0.05, 0) is 0 Å². The van der Waals surface area contributed by atoms with Crippen molar-refractivity contribution >= 4 is 0 Å². The van der Waals surface area contributed by atoms with Crippen molar-refractivity contribution in [3.63, 3.8) is 0 Å². The molecule has 0 bridgehead atoms. The maximum absolute atomic E-state index is 8.36. The minimum atomic E-state index is -1.50. The molecule has 0 atom stereocenters. The van der Waals surface area contributed by atoms with Crippen LogP contribution in [0.3, 0.4) is 0 Å². The van der Waals surface area contributed by atoms with E-state index in [1.54, 1.807) is 0 Å². The third-order valence-electron chi connectivity index (χ3n) is 0. The van der Waals surface area contributed by atoms with E-state index in [0.717, 1.165) is 0 Å². The summed E-state index contributed by atoms with van der Waals surface area (Å²) < 4.78 is 0. The standard InChI is InChI=1S/Cu.HNO3.5H2O/c;2-1(3)4;;;;;/h;(H,2,3,4);5*1H2. The van der Waals surface area contributed by atoms with E-state index in [2.05, 4.69) is 0 Å². The summed E-state index contributed by atoms with van der Waals surface area (Å²) in [6, 6.07) is 0. The summed E-state index contributed by atoms with van der Waals surface area (Å²) in [6.45, 7) is 0. The van der Waals surface area contributed by atoms with Crippen LogP contribution in [-0.4, -0.2) is 37.7 Å². The van der Waals surface area contributed by atoms with Gasteiger partial charge in [-0.1, -0.05) is 0 Å². The normalized spacial score (nSPS) is 2.40. The molecular weight excluding hydrogens is 206 g/mol. The van der Waals surface area contributed by atoms with E-state index in [4.69, 9.17) is 15.3 Å². The summed E-state index contributed by atoms with van der Waals surface area (Å²) >= 11 is 0. The van der Waals surface area contributed by atoms with Gasteiger partial charge in [0, 0.05) is 17.1 Å². The first kappa shape index (κ1) is 109. The van der Waals surface area contributed by atoms with E-state index in [1.165, 1.54) is 0 Å². The molecule has 10 heavy (non-hydrogen) atoms. The Hall–Kier alpha value is -0.481. The van der Waals surface area contributed by atoms with Crippen LogP contribution in [0.25, 0.3) is 0 Å². The molecule has 0 aromatic heterocycles. The Morgan fingerprint density at radius 2 is 1.00 bits per heavy atom. The molecule has 75 valence electrons. The molecule has 11 N–H and O–H groups in total. The van der Waals surface area contributed by atoms with E-state index < -0.39 is 5.09 Å². The van der Waals surface area contributed by atoms with Crippen molar-refractivity contribution < 1.29 is 54.7 Å². The van der Waals surface area contributed by atoms with Gasteiger partial charge in [-0.2, -0.15) is 0 Å². The van der Waals surface area contributed by atoms with E-state index >= 15 is 0 Å². The first-order valence-corrected chi connectivity index (χ1v) is 0.565. The maximum atomic E-state index is 8.36. The van der Waals surface area contributed by atoms with Gasteiger partial charge in [0.25, 0.3) is 5.09 Å². The SMILES string of the molecule is O.O.O.O.O.O=[N+]([O-])O.[Cu]. The Morgan fingerprint density at radius 1 is 1.00 bits per heavy atom. The molecule has 0 aliphatic carbocycles. The second-order valence-corrected chi connectivity index (χ2v) is 0.238. The van der Waals surface area contributed by atoms with Crippen molar-refractivity contribution in [2.45, 2.75) is 0 Å². The molecule has 0 aliphatic rings. The zero-order chi connectivity index (χ0) is 3.58. The van der Waals surface area contributed by atoms with Crippen LogP contribution < -0.4 is 0 Å². The predicted molar refractivity (Wildman–Crippen MR) is 26.8 cm³/mol. The van der Waals surface area contributed by atoms with Crippen molar-refractivity contribution in [3.05, 3.63) is 10.1 Å². The van der Waals surface area contributed by atoms with Crippen molar-refractivity contribution in [2.75, 3.05) is 0 Å². The second kappa shape index (κ2) is 75.9. The quantitative estimate of drug-likeness (QED) is 0.240. The maximum Gasteiger partial charge on any atom is 0.291 e. The molecule has 0 aromatic carbocycles. The zero-order valence-electron chi connectivity index (χ0n) is 4.51. The van der Waals surface area contributed by atoms with Crippen molar-refractivity contribution in [1.82, 2.24) is 0 Å². The van der Waals surface area contributed by atoms with Crippen molar-refractivity contribution in [1.29, 1.82) is 0 Å². The van der Waals surface area contributed by atoms with Gasteiger partial charge in [-0.15, -0.1) is 10.1 Å². The molecule has 0 amide bonds. The molecule has 0 rings (SSSR count). The Kier molecular flexibility index (Phi) is 826. The molecule has 0 heterocycles. The number of hydrogen-bond acceptors (Lipinski definition) is 2. The van der Waals surface area contributed by atoms with Crippen molar-refractivity contribution in [2.24, 2.45) is 0 Å². The van der Waals surface area contributed by atoms with Gasteiger partial charge in [0.05, 0.1) is 0 Å². The fourth-order valence-electron chi connectivity index (χ4n) is 0. The third-order valence-corrected chi connectivity index (χ3v) is 0. The van der Waals surface area contributed by atoms with E-state index in [9.17, 15) is 0 Å². The van der Waals surface area contributed by atoms with Gasteiger partial charge in [0.2, 0.25) is 0 Å². The molecule has 9 nitrogen and oxygen atoms in total. The zero-order valence-corrected chi connectivity index (χ0v) is 5.45. The van der Waals surface area contributed by atoms with Gasteiger partial charge in [0.1, 0.15) is 0 Å². The number of rotatable bonds is 0. The minimum Gasteiger partial charge on any atom is -0.412 e. The molecule has 0 saturated carbocycles. The van der Waals surface area contributed by atoms with Crippen LogP contribution in [0, 0.1) is 10.1 Å². The van der Waals surface area contributed by atoms with E-state index in [-0.39, 0.29) is 44.4 Å². The first-order valence-electron chi connectivity index (χ1n) is 0.565.